The van der Waals surface area contributed by atoms with Crippen molar-refractivity contribution in [2.75, 3.05) is 12.3 Å². The maximum Gasteiger partial charge on any atom is 0.151 e. The molecule has 1 aromatic carbocycles. The number of halogens is 2. The molecule has 0 spiro atoms. The summed E-state index contributed by atoms with van der Waals surface area (Å²) < 4.78 is 9.33. The number of nitrogen functional groups attached to an aromatic ring is 1. The summed E-state index contributed by atoms with van der Waals surface area (Å²) in [5.41, 5.74) is 9.09. The molecule has 0 atom stereocenters. The minimum absolute atomic E-state index is 0.551. The quantitative estimate of drug-likeness (QED) is 0.836. The van der Waals surface area contributed by atoms with E-state index in [2.05, 4.69) is 37.0 Å². The average Bonchev–Trinajstić information content (AvgIpc) is 2.68. The maximum absolute atomic E-state index is 5.94. The van der Waals surface area contributed by atoms with Gasteiger partial charge in [-0.25, -0.2) is 4.68 Å². The van der Waals surface area contributed by atoms with Crippen LogP contribution in [0.5, 0.6) is 0 Å². The standard InChI is InChI=1S/C12H11Br2N3O/c13-7-1-2-11(9(14)5-7)17-10-3-4-18-6-8(10)12(15)16-17/h1-2,5H,3-4,6H2,(H2,15,16). The van der Waals surface area contributed by atoms with Crippen LogP contribution in [0.1, 0.15) is 11.3 Å². The number of rotatable bonds is 1. The number of hydrogen-bond acceptors (Lipinski definition) is 3. The van der Waals surface area contributed by atoms with Gasteiger partial charge in [-0.05, 0) is 34.1 Å². The Bertz CT molecular complexity index is 610. The van der Waals surface area contributed by atoms with Crippen LogP contribution in [-0.4, -0.2) is 16.4 Å². The van der Waals surface area contributed by atoms with Crippen molar-refractivity contribution >= 4 is 37.7 Å². The van der Waals surface area contributed by atoms with E-state index in [9.17, 15) is 0 Å². The molecule has 0 amide bonds. The zero-order valence-corrected chi connectivity index (χ0v) is 12.7. The van der Waals surface area contributed by atoms with Crippen molar-refractivity contribution in [3.63, 3.8) is 0 Å². The minimum Gasteiger partial charge on any atom is -0.382 e. The highest BCUT2D eigenvalue weighted by molar-refractivity contribution is 9.11. The fourth-order valence-corrected chi connectivity index (χ4v) is 3.33. The Morgan fingerprint density at radius 2 is 2.17 bits per heavy atom. The van der Waals surface area contributed by atoms with E-state index in [1.165, 1.54) is 0 Å². The van der Waals surface area contributed by atoms with Crippen LogP contribution in [0.2, 0.25) is 0 Å². The van der Waals surface area contributed by atoms with Crippen molar-refractivity contribution in [2.24, 2.45) is 0 Å². The SMILES string of the molecule is Nc1nn(-c2ccc(Br)cc2Br)c2c1COCC2. The topological polar surface area (TPSA) is 53.1 Å². The second kappa shape index (κ2) is 4.68. The molecule has 0 unspecified atom stereocenters. The lowest BCUT2D eigenvalue weighted by Gasteiger charge is -2.15. The molecule has 0 fully saturated rings. The number of nitrogens with two attached hydrogens (primary N) is 1. The number of anilines is 1. The molecule has 3 rings (SSSR count). The van der Waals surface area contributed by atoms with Gasteiger partial charge in [-0.3, -0.25) is 0 Å². The summed E-state index contributed by atoms with van der Waals surface area (Å²) in [5.74, 6) is 0.555. The Labute approximate surface area is 121 Å². The molecular formula is C12H11Br2N3O. The molecule has 94 valence electrons. The smallest absolute Gasteiger partial charge is 0.151 e. The minimum atomic E-state index is 0.551. The van der Waals surface area contributed by atoms with Gasteiger partial charge in [-0.15, -0.1) is 0 Å². The predicted molar refractivity (Wildman–Crippen MR) is 76.7 cm³/mol. The molecule has 4 nitrogen and oxygen atoms in total. The number of hydrogen-bond donors (Lipinski definition) is 1. The highest BCUT2D eigenvalue weighted by atomic mass is 79.9. The van der Waals surface area contributed by atoms with Gasteiger partial charge in [0.2, 0.25) is 0 Å². The molecule has 1 aromatic heterocycles. The zero-order valence-electron chi connectivity index (χ0n) is 9.49. The van der Waals surface area contributed by atoms with Gasteiger partial charge in [0.25, 0.3) is 0 Å². The van der Waals surface area contributed by atoms with Crippen LogP contribution in [0.15, 0.2) is 27.1 Å². The van der Waals surface area contributed by atoms with Crippen LogP contribution in [0.3, 0.4) is 0 Å². The van der Waals surface area contributed by atoms with Crippen molar-refractivity contribution in [1.29, 1.82) is 0 Å². The normalized spacial score (nSPS) is 14.6. The molecule has 2 aromatic rings. The van der Waals surface area contributed by atoms with Gasteiger partial charge in [0.1, 0.15) is 0 Å². The van der Waals surface area contributed by atoms with E-state index in [4.69, 9.17) is 10.5 Å². The van der Waals surface area contributed by atoms with Crippen molar-refractivity contribution in [2.45, 2.75) is 13.0 Å². The monoisotopic (exact) mass is 371 g/mol. The highest BCUT2D eigenvalue weighted by Crippen LogP contribution is 2.30. The third kappa shape index (κ3) is 1.98. The third-order valence-electron chi connectivity index (χ3n) is 2.99. The van der Waals surface area contributed by atoms with Gasteiger partial charge in [0, 0.05) is 20.9 Å². The molecule has 2 N–H and O–H groups in total. The summed E-state index contributed by atoms with van der Waals surface area (Å²) in [6.45, 7) is 1.27. The van der Waals surface area contributed by atoms with E-state index in [1.807, 2.05) is 22.9 Å². The van der Waals surface area contributed by atoms with Gasteiger partial charge >= 0.3 is 0 Å². The third-order valence-corrected chi connectivity index (χ3v) is 4.12. The van der Waals surface area contributed by atoms with Crippen LogP contribution in [0, 0.1) is 0 Å². The first kappa shape index (κ1) is 12.2. The van der Waals surface area contributed by atoms with E-state index < -0.39 is 0 Å². The van der Waals surface area contributed by atoms with Crippen LogP contribution >= 0.6 is 31.9 Å². The first-order valence-corrected chi connectivity index (χ1v) is 7.15. The van der Waals surface area contributed by atoms with E-state index in [0.29, 0.717) is 19.0 Å². The summed E-state index contributed by atoms with van der Waals surface area (Å²) in [6, 6.07) is 6.00. The Balaban J connectivity index is 2.17. The number of fused-ring (bicyclic) bond motifs is 1. The average molecular weight is 373 g/mol. The van der Waals surface area contributed by atoms with Crippen LogP contribution in [0.25, 0.3) is 5.69 Å². The Morgan fingerprint density at radius 3 is 2.94 bits per heavy atom. The summed E-state index contributed by atoms with van der Waals surface area (Å²) in [7, 11) is 0. The fourth-order valence-electron chi connectivity index (χ4n) is 2.11. The van der Waals surface area contributed by atoms with Crippen molar-refractivity contribution < 1.29 is 4.74 Å². The van der Waals surface area contributed by atoms with Gasteiger partial charge in [0.05, 0.1) is 24.6 Å². The molecule has 1 aliphatic rings. The number of aromatic nitrogens is 2. The fraction of sp³-hybridized carbons (Fsp3) is 0.250. The van der Waals surface area contributed by atoms with Gasteiger partial charge < -0.3 is 10.5 Å². The number of nitrogens with zero attached hydrogens (tertiary/aromatic N) is 2. The molecule has 0 saturated carbocycles. The summed E-state index contributed by atoms with van der Waals surface area (Å²) in [5, 5.41) is 4.42. The lowest BCUT2D eigenvalue weighted by Crippen LogP contribution is -2.13. The molecule has 0 aliphatic carbocycles. The van der Waals surface area contributed by atoms with Gasteiger partial charge in [-0.2, -0.15) is 5.10 Å². The Morgan fingerprint density at radius 1 is 1.33 bits per heavy atom. The van der Waals surface area contributed by atoms with Gasteiger partial charge in [-0.1, -0.05) is 15.9 Å². The molecular weight excluding hydrogens is 362 g/mol. The van der Waals surface area contributed by atoms with Crippen molar-refractivity contribution in [1.82, 2.24) is 9.78 Å². The van der Waals surface area contributed by atoms with Crippen LogP contribution < -0.4 is 5.73 Å². The summed E-state index contributed by atoms with van der Waals surface area (Å²) >= 11 is 7.00. The number of ether oxygens (including phenoxy) is 1. The second-order valence-corrected chi connectivity index (χ2v) is 5.89. The van der Waals surface area contributed by atoms with Crippen LogP contribution in [-0.2, 0) is 17.8 Å². The summed E-state index contributed by atoms with van der Waals surface area (Å²) in [4.78, 5) is 0. The first-order valence-electron chi connectivity index (χ1n) is 5.56. The lowest BCUT2D eigenvalue weighted by molar-refractivity contribution is 0.110. The van der Waals surface area contributed by atoms with Gasteiger partial charge in [0.15, 0.2) is 5.82 Å². The Kier molecular flexibility index (Phi) is 3.17. The highest BCUT2D eigenvalue weighted by Gasteiger charge is 2.21. The molecule has 6 heteroatoms. The van der Waals surface area contributed by atoms with E-state index in [1.54, 1.807) is 0 Å². The zero-order chi connectivity index (χ0) is 12.7. The molecule has 18 heavy (non-hydrogen) atoms. The number of benzene rings is 1. The maximum atomic E-state index is 5.94. The van der Waals surface area contributed by atoms with Crippen LogP contribution in [0.4, 0.5) is 5.82 Å². The molecule has 2 heterocycles. The van der Waals surface area contributed by atoms with Crippen molar-refractivity contribution in [3.05, 3.63) is 38.4 Å². The van der Waals surface area contributed by atoms with Crippen molar-refractivity contribution in [3.8, 4) is 5.69 Å². The predicted octanol–water partition coefficient (Wildman–Crippen LogP) is 3.05. The lowest BCUT2D eigenvalue weighted by atomic mass is 10.1. The first-order chi connectivity index (χ1) is 8.66. The Hall–Kier alpha value is -0.850. The summed E-state index contributed by atoms with van der Waals surface area (Å²) in [6.07, 6.45) is 0.835. The second-order valence-electron chi connectivity index (χ2n) is 4.12. The van der Waals surface area contributed by atoms with E-state index in [0.717, 1.165) is 32.3 Å². The van der Waals surface area contributed by atoms with E-state index in [-0.39, 0.29) is 0 Å². The molecule has 0 saturated heterocycles. The molecule has 1 aliphatic heterocycles. The largest absolute Gasteiger partial charge is 0.382 e. The van der Waals surface area contributed by atoms with E-state index >= 15 is 0 Å². The molecule has 0 bridgehead atoms. The molecule has 0 radical (unpaired) electrons.